The minimum absolute atomic E-state index is 0.236. The first kappa shape index (κ1) is 14.6. The molecule has 2 aromatic rings. The SMILES string of the molecule is O=C1CCC(c2nc(CSc3cccc(Cl)c3)no2)CC1. The summed E-state index contributed by atoms with van der Waals surface area (Å²) < 4.78 is 5.34. The number of nitrogens with zero attached hydrogens (tertiary/aromatic N) is 2. The molecule has 1 aromatic heterocycles. The van der Waals surface area contributed by atoms with Gasteiger partial charge in [-0.05, 0) is 31.0 Å². The molecule has 0 amide bonds. The van der Waals surface area contributed by atoms with E-state index in [9.17, 15) is 4.79 Å². The molecule has 1 saturated carbocycles. The first-order valence-corrected chi connectivity index (χ1v) is 8.29. The van der Waals surface area contributed by atoms with Crippen molar-refractivity contribution >= 4 is 29.1 Å². The lowest BCUT2D eigenvalue weighted by Gasteiger charge is -2.16. The van der Waals surface area contributed by atoms with E-state index in [0.29, 0.717) is 36.1 Å². The van der Waals surface area contributed by atoms with Crippen molar-refractivity contribution in [2.45, 2.75) is 42.2 Å². The maximum atomic E-state index is 11.3. The number of carbonyl (C=O) groups is 1. The summed E-state index contributed by atoms with van der Waals surface area (Å²) in [6, 6.07) is 7.69. The van der Waals surface area contributed by atoms with E-state index in [1.54, 1.807) is 11.8 Å². The highest BCUT2D eigenvalue weighted by Crippen LogP contribution is 2.31. The van der Waals surface area contributed by atoms with Crippen LogP contribution in [0.3, 0.4) is 0 Å². The van der Waals surface area contributed by atoms with Crippen molar-refractivity contribution in [3.63, 3.8) is 0 Å². The van der Waals surface area contributed by atoms with Crippen LogP contribution in [0, 0.1) is 0 Å². The summed E-state index contributed by atoms with van der Waals surface area (Å²) in [5.74, 6) is 2.58. The number of thioether (sulfide) groups is 1. The second-order valence-electron chi connectivity index (χ2n) is 5.11. The Morgan fingerprint density at radius 1 is 1.33 bits per heavy atom. The number of hydrogen-bond acceptors (Lipinski definition) is 5. The van der Waals surface area contributed by atoms with Gasteiger partial charge in [0.15, 0.2) is 5.82 Å². The molecular weight excluding hydrogens is 308 g/mol. The third kappa shape index (κ3) is 3.86. The third-order valence-electron chi connectivity index (χ3n) is 3.54. The molecule has 0 aliphatic heterocycles. The largest absolute Gasteiger partial charge is 0.339 e. The van der Waals surface area contributed by atoms with Crippen molar-refractivity contribution in [3.8, 4) is 0 Å². The molecule has 0 atom stereocenters. The molecule has 6 heteroatoms. The number of benzene rings is 1. The molecule has 0 N–H and O–H groups in total. The van der Waals surface area contributed by atoms with E-state index in [1.807, 2.05) is 24.3 Å². The highest BCUT2D eigenvalue weighted by molar-refractivity contribution is 7.98. The summed E-state index contributed by atoms with van der Waals surface area (Å²) in [7, 11) is 0. The van der Waals surface area contributed by atoms with Gasteiger partial charge in [0.25, 0.3) is 0 Å². The summed E-state index contributed by atoms with van der Waals surface area (Å²) in [6.45, 7) is 0. The van der Waals surface area contributed by atoms with Gasteiger partial charge in [-0.25, -0.2) is 0 Å². The van der Waals surface area contributed by atoms with Crippen molar-refractivity contribution < 1.29 is 9.32 Å². The van der Waals surface area contributed by atoms with Crippen LogP contribution in [0.4, 0.5) is 0 Å². The maximum absolute atomic E-state index is 11.3. The minimum Gasteiger partial charge on any atom is -0.339 e. The molecule has 0 bridgehead atoms. The zero-order valence-electron chi connectivity index (χ0n) is 11.4. The van der Waals surface area contributed by atoms with Gasteiger partial charge in [-0.15, -0.1) is 11.8 Å². The predicted molar refractivity (Wildman–Crippen MR) is 81.5 cm³/mol. The molecular formula is C15H15ClN2O2S. The average Bonchev–Trinajstić information content (AvgIpc) is 2.95. The van der Waals surface area contributed by atoms with Crippen LogP contribution in [-0.2, 0) is 10.5 Å². The Hall–Kier alpha value is -1.33. The minimum atomic E-state index is 0.236. The number of halogens is 1. The van der Waals surface area contributed by atoms with Crippen molar-refractivity contribution in [2.24, 2.45) is 0 Å². The van der Waals surface area contributed by atoms with Crippen LogP contribution >= 0.6 is 23.4 Å². The number of Topliss-reactive ketones (excluding diaryl/α,β-unsaturated/α-hetero) is 1. The summed E-state index contributed by atoms with van der Waals surface area (Å²) in [4.78, 5) is 16.8. The number of hydrogen-bond donors (Lipinski definition) is 0. The van der Waals surface area contributed by atoms with Gasteiger partial charge in [0, 0.05) is 28.7 Å². The monoisotopic (exact) mass is 322 g/mol. The number of aromatic nitrogens is 2. The van der Waals surface area contributed by atoms with Gasteiger partial charge in [0.05, 0.1) is 5.75 Å². The second-order valence-corrected chi connectivity index (χ2v) is 6.59. The van der Waals surface area contributed by atoms with E-state index in [0.717, 1.165) is 22.8 Å². The lowest BCUT2D eigenvalue weighted by molar-refractivity contribution is -0.120. The molecule has 0 spiro atoms. The number of rotatable bonds is 4. The molecule has 1 fully saturated rings. The number of ketones is 1. The van der Waals surface area contributed by atoms with Crippen LogP contribution in [0.1, 0.15) is 43.3 Å². The van der Waals surface area contributed by atoms with E-state index in [4.69, 9.17) is 16.1 Å². The Morgan fingerprint density at radius 2 is 2.14 bits per heavy atom. The van der Waals surface area contributed by atoms with E-state index >= 15 is 0 Å². The molecule has 3 rings (SSSR count). The van der Waals surface area contributed by atoms with Gasteiger partial charge in [0.1, 0.15) is 5.78 Å². The molecule has 1 aliphatic carbocycles. The molecule has 0 radical (unpaired) electrons. The smallest absolute Gasteiger partial charge is 0.229 e. The fourth-order valence-electron chi connectivity index (χ4n) is 2.38. The van der Waals surface area contributed by atoms with Gasteiger partial charge in [-0.2, -0.15) is 4.98 Å². The first-order valence-electron chi connectivity index (χ1n) is 6.93. The van der Waals surface area contributed by atoms with Crippen LogP contribution in [0.25, 0.3) is 0 Å². The Kier molecular flexibility index (Phi) is 4.60. The molecule has 1 aliphatic rings. The first-order chi connectivity index (χ1) is 10.2. The Bertz CT molecular complexity index is 634. The standard InChI is InChI=1S/C15H15ClN2O2S/c16-11-2-1-3-13(8-11)21-9-14-17-15(20-18-14)10-4-6-12(19)7-5-10/h1-3,8,10H,4-7,9H2. The molecule has 0 saturated heterocycles. The normalized spacial score (nSPS) is 16.3. The van der Waals surface area contributed by atoms with E-state index in [2.05, 4.69) is 10.1 Å². The fourth-order valence-corrected chi connectivity index (χ4v) is 3.44. The van der Waals surface area contributed by atoms with Gasteiger partial charge < -0.3 is 4.52 Å². The van der Waals surface area contributed by atoms with Crippen molar-refractivity contribution in [3.05, 3.63) is 41.0 Å². The maximum Gasteiger partial charge on any atom is 0.229 e. The average molecular weight is 323 g/mol. The summed E-state index contributed by atoms with van der Waals surface area (Å²) in [5.41, 5.74) is 0. The second kappa shape index (κ2) is 6.62. The van der Waals surface area contributed by atoms with Gasteiger partial charge in [-0.3, -0.25) is 4.79 Å². The van der Waals surface area contributed by atoms with Gasteiger partial charge >= 0.3 is 0 Å². The molecule has 21 heavy (non-hydrogen) atoms. The fraction of sp³-hybridized carbons (Fsp3) is 0.400. The van der Waals surface area contributed by atoms with Crippen LogP contribution in [-0.4, -0.2) is 15.9 Å². The van der Waals surface area contributed by atoms with E-state index in [-0.39, 0.29) is 5.92 Å². The predicted octanol–water partition coefficient (Wildman–Crippen LogP) is 4.24. The van der Waals surface area contributed by atoms with Gasteiger partial charge in [0.2, 0.25) is 5.89 Å². The highest BCUT2D eigenvalue weighted by atomic mass is 35.5. The Labute approximate surface area is 132 Å². The molecule has 110 valence electrons. The van der Waals surface area contributed by atoms with E-state index in [1.165, 1.54) is 0 Å². The van der Waals surface area contributed by atoms with Crippen LogP contribution < -0.4 is 0 Å². The zero-order valence-corrected chi connectivity index (χ0v) is 13.0. The molecule has 1 heterocycles. The summed E-state index contributed by atoms with van der Waals surface area (Å²) in [6.07, 6.45) is 2.89. The summed E-state index contributed by atoms with van der Waals surface area (Å²) >= 11 is 7.58. The van der Waals surface area contributed by atoms with Crippen LogP contribution in [0.15, 0.2) is 33.7 Å². The number of carbonyl (C=O) groups excluding carboxylic acids is 1. The van der Waals surface area contributed by atoms with Crippen LogP contribution in [0.5, 0.6) is 0 Å². The zero-order chi connectivity index (χ0) is 14.7. The lowest BCUT2D eigenvalue weighted by atomic mass is 9.88. The van der Waals surface area contributed by atoms with Gasteiger partial charge in [-0.1, -0.05) is 22.8 Å². The summed E-state index contributed by atoms with van der Waals surface area (Å²) in [5, 5.41) is 4.75. The topological polar surface area (TPSA) is 56.0 Å². The molecule has 4 nitrogen and oxygen atoms in total. The highest BCUT2D eigenvalue weighted by Gasteiger charge is 2.24. The van der Waals surface area contributed by atoms with E-state index < -0.39 is 0 Å². The van der Waals surface area contributed by atoms with Crippen molar-refractivity contribution in [1.82, 2.24) is 10.1 Å². The van der Waals surface area contributed by atoms with Crippen molar-refractivity contribution in [1.29, 1.82) is 0 Å². The quantitative estimate of drug-likeness (QED) is 0.788. The Morgan fingerprint density at radius 3 is 2.90 bits per heavy atom. The third-order valence-corrected chi connectivity index (χ3v) is 4.77. The van der Waals surface area contributed by atoms with Crippen LogP contribution in [0.2, 0.25) is 5.02 Å². The van der Waals surface area contributed by atoms with Crippen molar-refractivity contribution in [2.75, 3.05) is 0 Å². The Balaban J connectivity index is 1.59. The molecule has 1 aromatic carbocycles. The lowest BCUT2D eigenvalue weighted by Crippen LogP contribution is -2.12. The molecule has 0 unspecified atom stereocenters.